The van der Waals surface area contributed by atoms with Gasteiger partial charge in [-0.05, 0) is 38.8 Å². The van der Waals surface area contributed by atoms with E-state index in [9.17, 15) is 19.7 Å². The van der Waals surface area contributed by atoms with E-state index in [4.69, 9.17) is 0 Å². The highest BCUT2D eigenvalue weighted by molar-refractivity contribution is 5.94. The van der Waals surface area contributed by atoms with Crippen LogP contribution in [0.5, 0.6) is 0 Å². The molecule has 0 atom stereocenters. The third-order valence-electron chi connectivity index (χ3n) is 5.03. The summed E-state index contributed by atoms with van der Waals surface area (Å²) >= 11 is 0. The van der Waals surface area contributed by atoms with Crippen LogP contribution in [0.2, 0.25) is 0 Å². The van der Waals surface area contributed by atoms with Crippen LogP contribution in [-0.4, -0.2) is 50.5 Å². The van der Waals surface area contributed by atoms with Crippen LogP contribution >= 0.6 is 0 Å². The molecule has 0 unspecified atom stereocenters. The topological polar surface area (TPSA) is 110 Å². The van der Waals surface area contributed by atoms with Crippen molar-refractivity contribution in [2.45, 2.75) is 39.3 Å². The summed E-state index contributed by atoms with van der Waals surface area (Å²) < 4.78 is 1.39. The van der Waals surface area contributed by atoms with E-state index in [0.717, 1.165) is 0 Å². The van der Waals surface area contributed by atoms with Gasteiger partial charge in [0, 0.05) is 24.7 Å². The lowest BCUT2D eigenvalue weighted by molar-refractivity contribution is -0.386. The number of nitro groups is 1. The molecule has 0 saturated carbocycles. The number of hydrogen-bond acceptors (Lipinski definition) is 5. The number of piperidine rings is 1. The van der Waals surface area contributed by atoms with Gasteiger partial charge in [-0.2, -0.15) is 5.10 Å². The van der Waals surface area contributed by atoms with Gasteiger partial charge in [-0.25, -0.2) is 0 Å². The minimum Gasteiger partial charge on any atom is -0.349 e. The summed E-state index contributed by atoms with van der Waals surface area (Å²) in [5.41, 5.74) is 1.25. The summed E-state index contributed by atoms with van der Waals surface area (Å²) in [5.74, 6) is -0.242. The van der Waals surface area contributed by atoms with Crippen molar-refractivity contribution in [3.05, 3.63) is 57.4 Å². The molecule has 2 aromatic rings. The molecule has 1 fully saturated rings. The van der Waals surface area contributed by atoms with Crippen molar-refractivity contribution in [2.24, 2.45) is 0 Å². The zero-order valence-corrected chi connectivity index (χ0v) is 15.9. The lowest BCUT2D eigenvalue weighted by atomic mass is 10.0. The largest absolute Gasteiger partial charge is 0.349 e. The average molecular weight is 385 g/mol. The number of aromatic nitrogens is 2. The van der Waals surface area contributed by atoms with Gasteiger partial charge in [0.1, 0.15) is 17.9 Å². The van der Waals surface area contributed by atoms with E-state index in [-0.39, 0.29) is 30.1 Å². The second-order valence-electron chi connectivity index (χ2n) is 6.93. The molecule has 28 heavy (non-hydrogen) atoms. The van der Waals surface area contributed by atoms with E-state index in [1.807, 2.05) is 18.2 Å². The number of amides is 2. The number of hydrogen-bond donors (Lipinski definition) is 1. The first-order valence-electron chi connectivity index (χ1n) is 9.19. The number of benzene rings is 1. The highest BCUT2D eigenvalue weighted by Gasteiger charge is 2.27. The van der Waals surface area contributed by atoms with Crippen molar-refractivity contribution in [3.63, 3.8) is 0 Å². The number of carbonyl (C=O) groups excluding carboxylic acids is 2. The Balaban J connectivity index is 1.54. The molecule has 0 bridgehead atoms. The van der Waals surface area contributed by atoms with Crippen LogP contribution in [-0.2, 0) is 11.3 Å². The van der Waals surface area contributed by atoms with Crippen molar-refractivity contribution in [1.29, 1.82) is 0 Å². The standard InChI is InChI=1S/C19H23N5O4/c1-13-18(24(27)28)14(2)23(21-13)12-17(25)22-10-8-16(9-11-22)20-19(26)15-6-4-3-5-7-15/h3-7,16H,8-12H2,1-2H3,(H,20,26). The number of carbonyl (C=O) groups is 2. The molecule has 1 saturated heterocycles. The van der Waals surface area contributed by atoms with Gasteiger partial charge in [-0.3, -0.25) is 24.4 Å². The quantitative estimate of drug-likeness (QED) is 0.624. The molecule has 1 N–H and O–H groups in total. The molecule has 1 aliphatic heterocycles. The summed E-state index contributed by atoms with van der Waals surface area (Å²) in [6.45, 7) is 4.19. The molecule has 0 spiro atoms. The fourth-order valence-corrected chi connectivity index (χ4v) is 3.47. The molecular formula is C19H23N5O4. The minimum absolute atomic E-state index is 0.0199. The minimum atomic E-state index is -0.473. The maximum Gasteiger partial charge on any atom is 0.312 e. The normalized spacial score (nSPS) is 14.7. The molecule has 0 radical (unpaired) electrons. The summed E-state index contributed by atoms with van der Waals surface area (Å²) in [7, 11) is 0. The third-order valence-corrected chi connectivity index (χ3v) is 5.03. The Morgan fingerprint density at radius 3 is 2.43 bits per heavy atom. The van der Waals surface area contributed by atoms with Gasteiger partial charge in [-0.15, -0.1) is 0 Å². The van der Waals surface area contributed by atoms with Gasteiger partial charge in [0.05, 0.1) is 4.92 Å². The maximum absolute atomic E-state index is 12.6. The summed E-state index contributed by atoms with van der Waals surface area (Å²) in [4.78, 5) is 37.1. The number of aryl methyl sites for hydroxylation is 1. The fourth-order valence-electron chi connectivity index (χ4n) is 3.47. The predicted octanol–water partition coefficient (Wildman–Crippen LogP) is 1.83. The first-order chi connectivity index (χ1) is 13.4. The summed E-state index contributed by atoms with van der Waals surface area (Å²) in [6, 6.07) is 9.05. The van der Waals surface area contributed by atoms with Gasteiger partial charge in [0.2, 0.25) is 5.91 Å². The highest BCUT2D eigenvalue weighted by Crippen LogP contribution is 2.22. The van der Waals surface area contributed by atoms with Crippen molar-refractivity contribution in [1.82, 2.24) is 20.0 Å². The Kier molecular flexibility index (Phi) is 5.72. The molecule has 2 amide bonds. The van der Waals surface area contributed by atoms with Crippen LogP contribution < -0.4 is 5.32 Å². The Morgan fingerprint density at radius 1 is 1.21 bits per heavy atom. The molecule has 1 aliphatic rings. The average Bonchev–Trinajstić information content (AvgIpc) is 2.96. The van der Waals surface area contributed by atoms with Crippen LogP contribution in [0.15, 0.2) is 30.3 Å². The van der Waals surface area contributed by atoms with Crippen LogP contribution in [0.4, 0.5) is 5.69 Å². The second kappa shape index (κ2) is 8.20. The lowest BCUT2D eigenvalue weighted by Gasteiger charge is -2.32. The molecule has 1 aromatic carbocycles. The zero-order valence-electron chi connectivity index (χ0n) is 15.9. The van der Waals surface area contributed by atoms with E-state index < -0.39 is 4.92 Å². The molecule has 0 aliphatic carbocycles. The molecular weight excluding hydrogens is 362 g/mol. The van der Waals surface area contributed by atoms with Crippen LogP contribution in [0.3, 0.4) is 0 Å². The number of nitrogens with one attached hydrogen (secondary N) is 1. The molecule has 9 nitrogen and oxygen atoms in total. The van der Waals surface area contributed by atoms with E-state index in [1.54, 1.807) is 30.9 Å². The lowest BCUT2D eigenvalue weighted by Crippen LogP contribution is -2.47. The van der Waals surface area contributed by atoms with Gasteiger partial charge in [-0.1, -0.05) is 18.2 Å². The maximum atomic E-state index is 12.6. The Hall–Kier alpha value is -3.23. The summed E-state index contributed by atoms with van der Waals surface area (Å²) in [5, 5.41) is 18.2. The number of rotatable bonds is 5. The number of nitrogens with zero attached hydrogens (tertiary/aromatic N) is 4. The molecule has 9 heteroatoms. The smallest absolute Gasteiger partial charge is 0.312 e. The van der Waals surface area contributed by atoms with Crippen molar-refractivity contribution >= 4 is 17.5 Å². The van der Waals surface area contributed by atoms with Crippen LogP contribution in [0.1, 0.15) is 34.6 Å². The van der Waals surface area contributed by atoms with Crippen LogP contribution in [0, 0.1) is 24.0 Å². The Labute approximate surface area is 162 Å². The zero-order chi connectivity index (χ0) is 20.3. The summed E-state index contributed by atoms with van der Waals surface area (Å²) in [6.07, 6.45) is 1.34. The van der Waals surface area contributed by atoms with E-state index in [2.05, 4.69) is 10.4 Å². The van der Waals surface area contributed by atoms with Gasteiger partial charge >= 0.3 is 5.69 Å². The highest BCUT2D eigenvalue weighted by atomic mass is 16.6. The first kappa shape index (κ1) is 19.5. The third kappa shape index (κ3) is 4.19. The SMILES string of the molecule is Cc1nn(CC(=O)N2CCC(NC(=O)c3ccccc3)CC2)c(C)c1[N+](=O)[O-]. The predicted molar refractivity (Wildman–Crippen MR) is 102 cm³/mol. The number of likely N-dealkylation sites (tertiary alicyclic amines) is 1. The first-order valence-corrected chi connectivity index (χ1v) is 9.19. The van der Waals surface area contributed by atoms with Crippen LogP contribution in [0.25, 0.3) is 0 Å². The molecule has 1 aromatic heterocycles. The Morgan fingerprint density at radius 2 is 1.86 bits per heavy atom. The van der Waals surface area contributed by atoms with Gasteiger partial charge < -0.3 is 10.2 Å². The Bertz CT molecular complexity index is 885. The molecule has 2 heterocycles. The van der Waals surface area contributed by atoms with Gasteiger partial charge in [0.15, 0.2) is 0 Å². The van der Waals surface area contributed by atoms with Crippen molar-refractivity contribution in [3.8, 4) is 0 Å². The molecule has 3 rings (SSSR count). The monoisotopic (exact) mass is 385 g/mol. The van der Waals surface area contributed by atoms with E-state index in [1.165, 1.54) is 4.68 Å². The van der Waals surface area contributed by atoms with E-state index in [0.29, 0.717) is 42.9 Å². The second-order valence-corrected chi connectivity index (χ2v) is 6.93. The van der Waals surface area contributed by atoms with E-state index >= 15 is 0 Å². The fraction of sp³-hybridized carbons (Fsp3) is 0.421. The van der Waals surface area contributed by atoms with Crippen molar-refractivity contribution in [2.75, 3.05) is 13.1 Å². The molecule has 148 valence electrons. The van der Waals surface area contributed by atoms with Gasteiger partial charge in [0.25, 0.3) is 5.91 Å². The van der Waals surface area contributed by atoms with Crippen molar-refractivity contribution < 1.29 is 14.5 Å².